The molecule has 0 fully saturated rings. The molecule has 0 amide bonds. The van der Waals surface area contributed by atoms with Crippen LogP contribution in [0.2, 0.25) is 0 Å². The first-order valence-corrected chi connectivity index (χ1v) is 5.79. The number of alkyl halides is 1. The van der Waals surface area contributed by atoms with Gasteiger partial charge in [0.15, 0.2) is 0 Å². The highest BCUT2D eigenvalue weighted by Gasteiger charge is 2.05. The van der Waals surface area contributed by atoms with E-state index in [9.17, 15) is 0 Å². The number of anilines is 1. The van der Waals surface area contributed by atoms with E-state index >= 15 is 0 Å². The zero-order valence-electron chi connectivity index (χ0n) is 9.00. The van der Waals surface area contributed by atoms with Crippen molar-refractivity contribution in [2.45, 2.75) is 25.1 Å². The number of hydrogen-bond acceptors (Lipinski definition) is 2. The van der Waals surface area contributed by atoms with Crippen LogP contribution >= 0.6 is 15.9 Å². The van der Waals surface area contributed by atoms with Gasteiger partial charge >= 0.3 is 0 Å². The first-order valence-electron chi connectivity index (χ1n) is 4.88. The Hall–Kier alpha value is -0.570. The van der Waals surface area contributed by atoms with Crippen LogP contribution in [0.4, 0.5) is 5.82 Å². The van der Waals surface area contributed by atoms with Gasteiger partial charge in [-0.05, 0) is 25.0 Å². The van der Waals surface area contributed by atoms with E-state index in [1.165, 1.54) is 5.56 Å². The first-order chi connectivity index (χ1) is 6.61. The zero-order valence-corrected chi connectivity index (χ0v) is 10.6. The number of aryl methyl sites for hydroxylation is 1. The second-order valence-corrected chi connectivity index (χ2v) is 5.20. The SMILES string of the molecule is Cc1cccnc1N(C)CCC(C)Br. The van der Waals surface area contributed by atoms with Crippen molar-refractivity contribution in [1.82, 2.24) is 4.98 Å². The van der Waals surface area contributed by atoms with Gasteiger partial charge in [0.25, 0.3) is 0 Å². The van der Waals surface area contributed by atoms with E-state index in [2.05, 4.69) is 52.8 Å². The zero-order chi connectivity index (χ0) is 10.6. The minimum Gasteiger partial charge on any atom is -0.359 e. The molecule has 0 aromatic carbocycles. The monoisotopic (exact) mass is 256 g/mol. The predicted octanol–water partition coefficient (Wildman–Crippen LogP) is 3.00. The molecule has 0 saturated carbocycles. The standard InChI is InChI=1S/C11H17BrN2/c1-9-5-4-7-13-11(9)14(3)8-6-10(2)12/h4-5,7,10H,6,8H2,1-3H3. The van der Waals surface area contributed by atoms with Crippen molar-refractivity contribution in [1.29, 1.82) is 0 Å². The lowest BCUT2D eigenvalue weighted by atomic mass is 10.2. The van der Waals surface area contributed by atoms with E-state index in [-0.39, 0.29) is 0 Å². The van der Waals surface area contributed by atoms with E-state index in [1.54, 1.807) is 0 Å². The number of hydrogen-bond donors (Lipinski definition) is 0. The summed E-state index contributed by atoms with van der Waals surface area (Å²) in [6, 6.07) is 4.07. The Balaban J connectivity index is 2.60. The lowest BCUT2D eigenvalue weighted by Crippen LogP contribution is -2.22. The van der Waals surface area contributed by atoms with Crippen LogP contribution in [0.25, 0.3) is 0 Å². The van der Waals surface area contributed by atoms with Crippen molar-refractivity contribution in [2.75, 3.05) is 18.5 Å². The molecule has 78 valence electrons. The van der Waals surface area contributed by atoms with Crippen molar-refractivity contribution in [3.63, 3.8) is 0 Å². The number of nitrogens with zero attached hydrogens (tertiary/aromatic N) is 2. The molecule has 0 bridgehead atoms. The molecule has 1 atom stereocenters. The molecule has 1 unspecified atom stereocenters. The van der Waals surface area contributed by atoms with Crippen LogP contribution in [0.3, 0.4) is 0 Å². The highest BCUT2D eigenvalue weighted by atomic mass is 79.9. The second-order valence-electron chi connectivity index (χ2n) is 3.63. The van der Waals surface area contributed by atoms with E-state index in [0.29, 0.717) is 4.83 Å². The average molecular weight is 257 g/mol. The summed E-state index contributed by atoms with van der Waals surface area (Å²) in [5, 5.41) is 0. The lowest BCUT2D eigenvalue weighted by molar-refractivity contribution is 0.776. The Bertz CT molecular complexity index is 286. The Morgan fingerprint density at radius 2 is 2.29 bits per heavy atom. The maximum atomic E-state index is 4.37. The van der Waals surface area contributed by atoms with Gasteiger partial charge in [-0.3, -0.25) is 0 Å². The maximum Gasteiger partial charge on any atom is 0.131 e. The summed E-state index contributed by atoms with van der Waals surface area (Å²) in [5.41, 5.74) is 1.23. The summed E-state index contributed by atoms with van der Waals surface area (Å²) in [6.07, 6.45) is 2.98. The molecule has 0 spiro atoms. The van der Waals surface area contributed by atoms with Gasteiger partial charge in [-0.15, -0.1) is 0 Å². The van der Waals surface area contributed by atoms with Gasteiger partial charge in [0.2, 0.25) is 0 Å². The Kier molecular flexibility index (Phi) is 4.39. The Morgan fingerprint density at radius 3 is 2.86 bits per heavy atom. The van der Waals surface area contributed by atoms with E-state index in [0.717, 1.165) is 18.8 Å². The second kappa shape index (κ2) is 5.35. The van der Waals surface area contributed by atoms with Gasteiger partial charge in [0.05, 0.1) is 0 Å². The van der Waals surface area contributed by atoms with Crippen LogP contribution in [0.5, 0.6) is 0 Å². The van der Waals surface area contributed by atoms with Gasteiger partial charge in [0.1, 0.15) is 5.82 Å². The summed E-state index contributed by atoms with van der Waals surface area (Å²) in [5.74, 6) is 1.08. The normalized spacial score (nSPS) is 12.6. The van der Waals surface area contributed by atoms with Gasteiger partial charge < -0.3 is 4.90 Å². The van der Waals surface area contributed by atoms with Crippen molar-refractivity contribution < 1.29 is 0 Å². The smallest absolute Gasteiger partial charge is 0.131 e. The van der Waals surface area contributed by atoms with Crippen molar-refractivity contribution in [2.24, 2.45) is 0 Å². The molecule has 1 aromatic heterocycles. The molecule has 3 heteroatoms. The van der Waals surface area contributed by atoms with Crippen LogP contribution in [0.1, 0.15) is 18.9 Å². The van der Waals surface area contributed by atoms with Crippen LogP contribution in [0, 0.1) is 6.92 Å². The van der Waals surface area contributed by atoms with Crippen LogP contribution < -0.4 is 4.90 Å². The summed E-state index contributed by atoms with van der Waals surface area (Å²) >= 11 is 3.55. The van der Waals surface area contributed by atoms with Gasteiger partial charge in [-0.1, -0.05) is 28.9 Å². The largest absolute Gasteiger partial charge is 0.359 e. The molecule has 1 aromatic rings. The summed E-state index contributed by atoms with van der Waals surface area (Å²) in [6.45, 7) is 5.29. The van der Waals surface area contributed by atoms with Crippen molar-refractivity contribution >= 4 is 21.7 Å². The molecule has 2 nitrogen and oxygen atoms in total. The van der Waals surface area contributed by atoms with E-state index < -0.39 is 0 Å². The fraction of sp³-hybridized carbons (Fsp3) is 0.545. The number of pyridine rings is 1. The van der Waals surface area contributed by atoms with Gasteiger partial charge in [-0.25, -0.2) is 4.98 Å². The molecule has 1 rings (SSSR count). The van der Waals surface area contributed by atoms with Crippen LogP contribution in [-0.4, -0.2) is 23.4 Å². The van der Waals surface area contributed by atoms with Crippen LogP contribution in [0.15, 0.2) is 18.3 Å². The highest BCUT2D eigenvalue weighted by molar-refractivity contribution is 9.09. The first kappa shape index (κ1) is 11.5. The Morgan fingerprint density at radius 1 is 1.57 bits per heavy atom. The topological polar surface area (TPSA) is 16.1 Å². The molecule has 14 heavy (non-hydrogen) atoms. The maximum absolute atomic E-state index is 4.37. The fourth-order valence-corrected chi connectivity index (χ4v) is 1.56. The molecule has 0 aliphatic heterocycles. The summed E-state index contributed by atoms with van der Waals surface area (Å²) < 4.78 is 0. The molecule has 0 N–H and O–H groups in total. The minimum atomic E-state index is 0.564. The number of rotatable bonds is 4. The van der Waals surface area contributed by atoms with E-state index in [1.807, 2.05) is 12.3 Å². The van der Waals surface area contributed by atoms with Crippen LogP contribution in [-0.2, 0) is 0 Å². The van der Waals surface area contributed by atoms with E-state index in [4.69, 9.17) is 0 Å². The molecule has 0 aliphatic carbocycles. The lowest BCUT2D eigenvalue weighted by Gasteiger charge is -2.20. The van der Waals surface area contributed by atoms with Gasteiger partial charge in [0, 0.05) is 24.6 Å². The Labute approximate surface area is 94.5 Å². The third kappa shape index (κ3) is 3.29. The third-order valence-electron chi connectivity index (χ3n) is 2.21. The number of aromatic nitrogens is 1. The fourth-order valence-electron chi connectivity index (χ4n) is 1.35. The molecule has 1 heterocycles. The molecule has 0 aliphatic rings. The predicted molar refractivity (Wildman–Crippen MR) is 65.3 cm³/mol. The molecule has 0 radical (unpaired) electrons. The third-order valence-corrected chi connectivity index (χ3v) is 2.66. The molecule has 0 saturated heterocycles. The van der Waals surface area contributed by atoms with Crippen molar-refractivity contribution in [3.8, 4) is 0 Å². The molecular formula is C11H17BrN2. The molecular weight excluding hydrogens is 240 g/mol. The highest BCUT2D eigenvalue weighted by Crippen LogP contribution is 2.15. The quantitative estimate of drug-likeness (QED) is 0.771. The summed E-state index contributed by atoms with van der Waals surface area (Å²) in [4.78, 5) is 7.13. The number of halogens is 1. The van der Waals surface area contributed by atoms with Crippen molar-refractivity contribution in [3.05, 3.63) is 23.9 Å². The summed E-state index contributed by atoms with van der Waals surface area (Å²) in [7, 11) is 2.09. The minimum absolute atomic E-state index is 0.564. The average Bonchev–Trinajstić information content (AvgIpc) is 2.15. The van der Waals surface area contributed by atoms with Gasteiger partial charge in [-0.2, -0.15) is 0 Å².